The van der Waals surface area contributed by atoms with Gasteiger partial charge in [-0.05, 0) is 51.3 Å². The first-order valence-corrected chi connectivity index (χ1v) is 7.96. The first kappa shape index (κ1) is 15.3. The minimum Gasteiger partial charge on any atom is -0.382 e. The Bertz CT molecular complexity index is 394. The van der Waals surface area contributed by atoms with E-state index in [-0.39, 0.29) is 0 Å². The van der Waals surface area contributed by atoms with Gasteiger partial charge in [0.15, 0.2) is 0 Å². The van der Waals surface area contributed by atoms with Gasteiger partial charge in [0.25, 0.3) is 0 Å². The van der Waals surface area contributed by atoms with Crippen molar-refractivity contribution in [2.75, 3.05) is 37.7 Å². The molecule has 0 saturated heterocycles. The lowest BCUT2D eigenvalue weighted by atomic mass is 10.0. The van der Waals surface area contributed by atoms with E-state index in [1.165, 1.54) is 30.6 Å². The largest absolute Gasteiger partial charge is 0.382 e. The molecule has 0 radical (unpaired) electrons. The molecule has 112 valence electrons. The summed E-state index contributed by atoms with van der Waals surface area (Å²) in [5.41, 5.74) is 2.93. The standard InChI is InChI=1S/C17H28N2O/c1-3-20-13-7-11-18-14-15(2)19-12-6-9-16-8-4-5-10-17(16)19/h4-5,8,10,15,18H,3,6-7,9,11-14H2,1-2H3. The maximum Gasteiger partial charge on any atom is 0.0477 e. The second-order valence-electron chi connectivity index (χ2n) is 5.53. The molecule has 1 aromatic rings. The lowest BCUT2D eigenvalue weighted by Gasteiger charge is -2.36. The number of anilines is 1. The van der Waals surface area contributed by atoms with Crippen molar-refractivity contribution in [3.8, 4) is 0 Å². The van der Waals surface area contributed by atoms with Gasteiger partial charge in [0, 0.05) is 38.0 Å². The second kappa shape index (κ2) is 8.28. The van der Waals surface area contributed by atoms with Crippen molar-refractivity contribution < 1.29 is 4.74 Å². The highest BCUT2D eigenvalue weighted by Crippen LogP contribution is 2.28. The summed E-state index contributed by atoms with van der Waals surface area (Å²) in [6, 6.07) is 9.38. The number of hydrogen-bond donors (Lipinski definition) is 1. The molecule has 1 aromatic carbocycles. The molecule has 0 spiro atoms. The van der Waals surface area contributed by atoms with Gasteiger partial charge in [0.1, 0.15) is 0 Å². The molecule has 1 atom stereocenters. The molecule has 3 heteroatoms. The monoisotopic (exact) mass is 276 g/mol. The first-order valence-electron chi connectivity index (χ1n) is 7.96. The summed E-state index contributed by atoms with van der Waals surface area (Å²) in [6.45, 7) is 9.31. The number of aryl methyl sites for hydroxylation is 1. The molecule has 20 heavy (non-hydrogen) atoms. The van der Waals surface area contributed by atoms with Crippen LogP contribution in [0.2, 0.25) is 0 Å². The zero-order valence-electron chi connectivity index (χ0n) is 12.9. The summed E-state index contributed by atoms with van der Waals surface area (Å²) in [5.74, 6) is 0. The van der Waals surface area contributed by atoms with Crippen LogP contribution in [0.5, 0.6) is 0 Å². The highest BCUT2D eigenvalue weighted by Gasteiger charge is 2.20. The Labute approximate surface area is 123 Å². The number of hydrogen-bond acceptors (Lipinski definition) is 3. The third-order valence-electron chi connectivity index (χ3n) is 3.96. The summed E-state index contributed by atoms with van der Waals surface area (Å²) >= 11 is 0. The fourth-order valence-corrected chi connectivity index (χ4v) is 2.89. The van der Waals surface area contributed by atoms with Crippen molar-refractivity contribution in [1.82, 2.24) is 5.32 Å². The molecule has 1 heterocycles. The molecule has 2 rings (SSSR count). The molecule has 0 fully saturated rings. The lowest BCUT2D eigenvalue weighted by molar-refractivity contribution is 0.144. The first-order chi connectivity index (χ1) is 9.83. The molecule has 0 amide bonds. The zero-order valence-corrected chi connectivity index (χ0v) is 12.9. The third-order valence-corrected chi connectivity index (χ3v) is 3.96. The zero-order chi connectivity index (χ0) is 14.2. The van der Waals surface area contributed by atoms with Crippen molar-refractivity contribution in [2.24, 2.45) is 0 Å². The molecule has 0 aromatic heterocycles. The Morgan fingerprint density at radius 3 is 3.05 bits per heavy atom. The topological polar surface area (TPSA) is 24.5 Å². The highest BCUT2D eigenvalue weighted by molar-refractivity contribution is 5.56. The molecule has 1 aliphatic rings. The minimum atomic E-state index is 0.545. The minimum absolute atomic E-state index is 0.545. The van der Waals surface area contributed by atoms with E-state index in [0.29, 0.717) is 6.04 Å². The van der Waals surface area contributed by atoms with E-state index < -0.39 is 0 Å². The van der Waals surface area contributed by atoms with Crippen molar-refractivity contribution in [2.45, 2.75) is 39.2 Å². The van der Waals surface area contributed by atoms with E-state index in [4.69, 9.17) is 4.74 Å². The number of nitrogens with zero attached hydrogens (tertiary/aromatic N) is 1. The second-order valence-corrected chi connectivity index (χ2v) is 5.53. The van der Waals surface area contributed by atoms with Crippen LogP contribution in [0, 0.1) is 0 Å². The van der Waals surface area contributed by atoms with Gasteiger partial charge in [-0.25, -0.2) is 0 Å². The molecule has 0 aliphatic carbocycles. The number of ether oxygens (including phenoxy) is 1. The maximum absolute atomic E-state index is 5.35. The van der Waals surface area contributed by atoms with Crippen LogP contribution in [0.4, 0.5) is 5.69 Å². The van der Waals surface area contributed by atoms with E-state index >= 15 is 0 Å². The number of benzene rings is 1. The van der Waals surface area contributed by atoms with Crippen molar-refractivity contribution >= 4 is 5.69 Å². The maximum atomic E-state index is 5.35. The summed E-state index contributed by atoms with van der Waals surface area (Å²) in [5, 5.41) is 3.55. The van der Waals surface area contributed by atoms with Crippen LogP contribution in [0.3, 0.4) is 0 Å². The van der Waals surface area contributed by atoms with Crippen molar-refractivity contribution in [3.63, 3.8) is 0 Å². The van der Waals surface area contributed by atoms with Gasteiger partial charge in [-0.2, -0.15) is 0 Å². The van der Waals surface area contributed by atoms with E-state index in [1.54, 1.807) is 0 Å². The van der Waals surface area contributed by atoms with Crippen LogP contribution in [0.25, 0.3) is 0 Å². The summed E-state index contributed by atoms with van der Waals surface area (Å²) in [4.78, 5) is 2.55. The molecule has 1 N–H and O–H groups in total. The molecule has 0 saturated carbocycles. The van der Waals surface area contributed by atoms with E-state index in [0.717, 1.165) is 32.7 Å². The third kappa shape index (κ3) is 4.22. The normalized spacial score (nSPS) is 16.0. The van der Waals surface area contributed by atoms with Crippen LogP contribution < -0.4 is 10.2 Å². The van der Waals surface area contributed by atoms with Crippen LogP contribution in [-0.4, -0.2) is 38.9 Å². The van der Waals surface area contributed by atoms with E-state index in [2.05, 4.69) is 41.4 Å². The van der Waals surface area contributed by atoms with Gasteiger partial charge in [0.05, 0.1) is 0 Å². The Morgan fingerprint density at radius 1 is 1.35 bits per heavy atom. The number of fused-ring (bicyclic) bond motifs is 1. The van der Waals surface area contributed by atoms with Gasteiger partial charge in [-0.15, -0.1) is 0 Å². The molecular weight excluding hydrogens is 248 g/mol. The Kier molecular flexibility index (Phi) is 6.34. The van der Waals surface area contributed by atoms with Crippen LogP contribution in [0.1, 0.15) is 32.3 Å². The lowest BCUT2D eigenvalue weighted by Crippen LogP contribution is -2.43. The van der Waals surface area contributed by atoms with Gasteiger partial charge in [-0.3, -0.25) is 0 Å². The SMILES string of the molecule is CCOCCCNCC(C)N1CCCc2ccccc21. The smallest absolute Gasteiger partial charge is 0.0477 e. The summed E-state index contributed by atoms with van der Waals surface area (Å²) < 4.78 is 5.35. The average Bonchev–Trinajstić information content (AvgIpc) is 2.50. The van der Waals surface area contributed by atoms with Gasteiger partial charge in [0.2, 0.25) is 0 Å². The van der Waals surface area contributed by atoms with Gasteiger partial charge in [-0.1, -0.05) is 18.2 Å². The van der Waals surface area contributed by atoms with Crippen molar-refractivity contribution in [3.05, 3.63) is 29.8 Å². The Morgan fingerprint density at radius 2 is 2.20 bits per heavy atom. The predicted octanol–water partition coefficient (Wildman–Crippen LogP) is 2.84. The highest BCUT2D eigenvalue weighted by atomic mass is 16.5. The van der Waals surface area contributed by atoms with E-state index in [9.17, 15) is 0 Å². The number of nitrogens with one attached hydrogen (secondary N) is 1. The average molecular weight is 276 g/mol. The fraction of sp³-hybridized carbons (Fsp3) is 0.647. The molecular formula is C17H28N2O. The summed E-state index contributed by atoms with van der Waals surface area (Å²) in [6.07, 6.45) is 3.59. The quantitative estimate of drug-likeness (QED) is 0.739. The van der Waals surface area contributed by atoms with Crippen LogP contribution in [0.15, 0.2) is 24.3 Å². The molecule has 3 nitrogen and oxygen atoms in total. The van der Waals surface area contributed by atoms with Gasteiger partial charge >= 0.3 is 0 Å². The molecule has 0 bridgehead atoms. The van der Waals surface area contributed by atoms with Crippen LogP contribution >= 0.6 is 0 Å². The fourth-order valence-electron chi connectivity index (χ4n) is 2.89. The Balaban J connectivity index is 1.77. The van der Waals surface area contributed by atoms with Crippen molar-refractivity contribution in [1.29, 1.82) is 0 Å². The molecule has 1 unspecified atom stereocenters. The molecule has 1 aliphatic heterocycles. The van der Waals surface area contributed by atoms with Crippen LogP contribution in [-0.2, 0) is 11.2 Å². The number of rotatable bonds is 8. The predicted molar refractivity (Wildman–Crippen MR) is 85.6 cm³/mol. The Hall–Kier alpha value is -1.06. The summed E-state index contributed by atoms with van der Waals surface area (Å²) in [7, 11) is 0. The van der Waals surface area contributed by atoms with Gasteiger partial charge < -0.3 is 15.0 Å². The van der Waals surface area contributed by atoms with E-state index in [1.807, 2.05) is 6.92 Å². The number of para-hydroxylation sites is 1.